The normalized spacial score (nSPS) is 22.8. The van der Waals surface area contributed by atoms with Crippen molar-refractivity contribution >= 4 is 5.57 Å². The van der Waals surface area contributed by atoms with E-state index in [0.717, 1.165) is 6.42 Å². The molecule has 2 aromatic carbocycles. The Morgan fingerprint density at radius 3 is 1.94 bits per heavy atom. The highest BCUT2D eigenvalue weighted by Crippen LogP contribution is 2.45. The maximum atomic E-state index is 2.40. The number of benzene rings is 2. The van der Waals surface area contributed by atoms with Crippen LogP contribution in [0.2, 0.25) is 0 Å². The van der Waals surface area contributed by atoms with Gasteiger partial charge in [-0.15, -0.1) is 0 Å². The molecule has 1 aliphatic carbocycles. The Bertz CT molecular complexity index is 537. The Balaban J connectivity index is 1.90. The van der Waals surface area contributed by atoms with Crippen molar-refractivity contribution in [1.29, 1.82) is 0 Å². The summed E-state index contributed by atoms with van der Waals surface area (Å²) in [5.74, 6) is 0. The number of rotatable bonds is 2. The van der Waals surface area contributed by atoms with E-state index in [0.29, 0.717) is 0 Å². The van der Waals surface area contributed by atoms with E-state index >= 15 is 0 Å². The van der Waals surface area contributed by atoms with Crippen LogP contribution in [0.15, 0.2) is 66.7 Å². The third-order valence-corrected chi connectivity index (χ3v) is 3.63. The first-order chi connectivity index (χ1) is 8.28. The van der Waals surface area contributed by atoms with Gasteiger partial charge < -0.3 is 0 Å². The monoisotopic (exact) mass is 220 g/mol. The first-order valence-electron chi connectivity index (χ1n) is 6.11. The number of hydrogen-bond acceptors (Lipinski definition) is 0. The highest BCUT2D eigenvalue weighted by molar-refractivity contribution is 5.75. The molecule has 0 bridgehead atoms. The smallest absolute Gasteiger partial charge is 0.0150 e. The van der Waals surface area contributed by atoms with Crippen LogP contribution >= 0.6 is 0 Å². The van der Waals surface area contributed by atoms with Crippen molar-refractivity contribution in [1.82, 2.24) is 0 Å². The van der Waals surface area contributed by atoms with Crippen LogP contribution in [0, 0.1) is 0 Å². The van der Waals surface area contributed by atoms with E-state index in [1.165, 1.54) is 16.7 Å². The van der Waals surface area contributed by atoms with Crippen molar-refractivity contribution in [2.24, 2.45) is 0 Å². The lowest BCUT2D eigenvalue weighted by molar-refractivity contribution is 0.570. The summed E-state index contributed by atoms with van der Waals surface area (Å²) in [5, 5.41) is 0. The molecule has 0 aromatic heterocycles. The maximum Gasteiger partial charge on any atom is 0.0150 e. The summed E-state index contributed by atoms with van der Waals surface area (Å²) in [4.78, 5) is 0. The quantitative estimate of drug-likeness (QED) is 0.702. The van der Waals surface area contributed by atoms with Crippen LogP contribution in [0.4, 0.5) is 0 Å². The summed E-state index contributed by atoms with van der Waals surface area (Å²) in [6, 6.07) is 21.4. The summed E-state index contributed by atoms with van der Waals surface area (Å²) in [5.41, 5.74) is 4.48. The van der Waals surface area contributed by atoms with Crippen molar-refractivity contribution in [3.8, 4) is 0 Å². The molecule has 0 radical (unpaired) electrons. The lowest BCUT2D eigenvalue weighted by Crippen LogP contribution is -2.27. The fourth-order valence-electron chi connectivity index (χ4n) is 2.59. The van der Waals surface area contributed by atoms with Crippen LogP contribution in [-0.2, 0) is 5.41 Å². The van der Waals surface area contributed by atoms with Gasteiger partial charge in [0.1, 0.15) is 0 Å². The van der Waals surface area contributed by atoms with Gasteiger partial charge >= 0.3 is 0 Å². The molecule has 1 atom stereocenters. The molecule has 0 amide bonds. The molecule has 0 saturated carbocycles. The Morgan fingerprint density at radius 1 is 0.824 bits per heavy atom. The van der Waals surface area contributed by atoms with Gasteiger partial charge in [-0.25, -0.2) is 0 Å². The minimum atomic E-state index is 0.229. The van der Waals surface area contributed by atoms with Crippen LogP contribution in [0.1, 0.15) is 24.5 Å². The van der Waals surface area contributed by atoms with Gasteiger partial charge in [-0.05, 0) is 23.1 Å². The van der Waals surface area contributed by atoms with Gasteiger partial charge in [0.25, 0.3) is 0 Å². The SMILES string of the molecule is C[C@]1(c2ccccc2)C=C(c2ccccc2)C1. The topological polar surface area (TPSA) is 0 Å². The third kappa shape index (κ3) is 1.80. The predicted molar refractivity (Wildman–Crippen MR) is 72.8 cm³/mol. The Kier molecular flexibility index (Phi) is 2.36. The van der Waals surface area contributed by atoms with Crippen molar-refractivity contribution in [3.05, 3.63) is 77.9 Å². The predicted octanol–water partition coefficient (Wildman–Crippen LogP) is 4.43. The van der Waals surface area contributed by atoms with Gasteiger partial charge in [0.2, 0.25) is 0 Å². The van der Waals surface area contributed by atoms with E-state index < -0.39 is 0 Å². The number of allylic oxidation sites excluding steroid dienone is 2. The first-order valence-corrected chi connectivity index (χ1v) is 6.11. The highest BCUT2D eigenvalue weighted by Gasteiger charge is 2.33. The molecule has 3 rings (SSSR count). The standard InChI is InChI=1S/C17H16/c1-17(16-10-6-3-7-11-16)12-15(13-17)14-8-4-2-5-9-14/h2-12H,13H2,1H3/t17-/m0/s1. The molecule has 1 aliphatic rings. The van der Waals surface area contributed by atoms with Gasteiger partial charge in [0, 0.05) is 5.41 Å². The molecule has 0 heterocycles. The Labute approximate surface area is 103 Å². The zero-order chi connectivity index (χ0) is 11.7. The molecular formula is C17H16. The lowest BCUT2D eigenvalue weighted by atomic mass is 9.66. The van der Waals surface area contributed by atoms with Gasteiger partial charge in [-0.3, -0.25) is 0 Å². The molecule has 0 fully saturated rings. The second-order valence-electron chi connectivity index (χ2n) is 5.00. The van der Waals surface area contributed by atoms with E-state index in [1.54, 1.807) is 0 Å². The lowest BCUT2D eigenvalue weighted by Gasteiger charge is -2.37. The van der Waals surface area contributed by atoms with Gasteiger partial charge in [0.15, 0.2) is 0 Å². The molecule has 0 N–H and O–H groups in total. The molecule has 17 heavy (non-hydrogen) atoms. The Hall–Kier alpha value is -1.82. The molecule has 0 unspecified atom stereocenters. The van der Waals surface area contributed by atoms with Gasteiger partial charge in [-0.1, -0.05) is 73.7 Å². The average molecular weight is 220 g/mol. The summed E-state index contributed by atoms with van der Waals surface area (Å²) in [6.45, 7) is 2.31. The maximum absolute atomic E-state index is 2.40. The second kappa shape index (κ2) is 3.89. The van der Waals surface area contributed by atoms with Crippen LogP contribution < -0.4 is 0 Å². The van der Waals surface area contributed by atoms with Crippen LogP contribution in [0.5, 0.6) is 0 Å². The molecule has 0 heteroatoms. The van der Waals surface area contributed by atoms with E-state index in [-0.39, 0.29) is 5.41 Å². The second-order valence-corrected chi connectivity index (χ2v) is 5.00. The molecule has 0 aliphatic heterocycles. The number of hydrogen-bond donors (Lipinski definition) is 0. The highest BCUT2D eigenvalue weighted by atomic mass is 14.4. The molecule has 0 spiro atoms. The summed E-state index contributed by atoms with van der Waals surface area (Å²) in [7, 11) is 0. The molecular weight excluding hydrogens is 204 g/mol. The average Bonchev–Trinajstić information content (AvgIpc) is 2.37. The van der Waals surface area contributed by atoms with Crippen LogP contribution in [0.25, 0.3) is 5.57 Å². The summed E-state index contributed by atoms with van der Waals surface area (Å²) < 4.78 is 0. The van der Waals surface area contributed by atoms with Crippen molar-refractivity contribution < 1.29 is 0 Å². The minimum Gasteiger partial charge on any atom is -0.0700 e. The zero-order valence-electron chi connectivity index (χ0n) is 10.1. The summed E-state index contributed by atoms with van der Waals surface area (Å²) in [6.07, 6.45) is 3.54. The molecule has 0 saturated heterocycles. The molecule has 84 valence electrons. The largest absolute Gasteiger partial charge is 0.0700 e. The summed E-state index contributed by atoms with van der Waals surface area (Å²) >= 11 is 0. The third-order valence-electron chi connectivity index (χ3n) is 3.63. The fraction of sp³-hybridized carbons (Fsp3) is 0.176. The fourth-order valence-corrected chi connectivity index (χ4v) is 2.59. The van der Waals surface area contributed by atoms with E-state index in [1.807, 2.05) is 0 Å². The van der Waals surface area contributed by atoms with Gasteiger partial charge in [0.05, 0.1) is 0 Å². The van der Waals surface area contributed by atoms with Crippen molar-refractivity contribution in [2.75, 3.05) is 0 Å². The van der Waals surface area contributed by atoms with Gasteiger partial charge in [-0.2, -0.15) is 0 Å². The van der Waals surface area contributed by atoms with E-state index in [9.17, 15) is 0 Å². The van der Waals surface area contributed by atoms with E-state index in [4.69, 9.17) is 0 Å². The van der Waals surface area contributed by atoms with Crippen molar-refractivity contribution in [3.63, 3.8) is 0 Å². The zero-order valence-corrected chi connectivity index (χ0v) is 10.1. The van der Waals surface area contributed by atoms with Crippen LogP contribution in [-0.4, -0.2) is 0 Å². The molecule has 0 nitrogen and oxygen atoms in total. The van der Waals surface area contributed by atoms with Crippen LogP contribution in [0.3, 0.4) is 0 Å². The van der Waals surface area contributed by atoms with Crippen molar-refractivity contribution in [2.45, 2.75) is 18.8 Å². The Morgan fingerprint density at radius 2 is 1.35 bits per heavy atom. The van der Waals surface area contributed by atoms with E-state index in [2.05, 4.69) is 73.7 Å². The minimum absolute atomic E-state index is 0.229. The first kappa shape index (κ1) is 10.3. The molecule has 2 aromatic rings.